The number of anilines is 2. The van der Waals surface area contributed by atoms with Crippen LogP contribution in [-0.4, -0.2) is 49.9 Å². The Kier molecular flexibility index (Phi) is 5.43. The molecule has 1 aromatic heterocycles. The van der Waals surface area contributed by atoms with Crippen molar-refractivity contribution < 1.29 is 9.47 Å². The molecule has 3 heterocycles. The molecule has 2 aliphatic rings. The maximum atomic E-state index is 5.65. The average Bonchev–Trinajstić information content (AvgIpc) is 3.28. The van der Waals surface area contributed by atoms with Crippen LogP contribution in [-0.2, 0) is 10.2 Å². The van der Waals surface area contributed by atoms with Crippen molar-refractivity contribution in [3.63, 3.8) is 0 Å². The van der Waals surface area contributed by atoms with Gasteiger partial charge in [0.25, 0.3) is 0 Å². The summed E-state index contributed by atoms with van der Waals surface area (Å²) in [5, 5.41) is 3.58. The van der Waals surface area contributed by atoms with Gasteiger partial charge in [0.05, 0.1) is 7.11 Å². The zero-order valence-electron chi connectivity index (χ0n) is 16.0. The molecule has 0 spiro atoms. The van der Waals surface area contributed by atoms with E-state index >= 15 is 0 Å². The number of ether oxygens (including phenoxy) is 2. The molecular formula is C21H28N4O2. The lowest BCUT2D eigenvalue weighted by molar-refractivity contribution is 0.0543. The highest BCUT2D eigenvalue weighted by Gasteiger charge is 2.34. The summed E-state index contributed by atoms with van der Waals surface area (Å²) in [4.78, 5) is 11.2. The largest absolute Gasteiger partial charge is 0.497 e. The van der Waals surface area contributed by atoms with Gasteiger partial charge in [0.2, 0.25) is 0 Å². The van der Waals surface area contributed by atoms with Crippen molar-refractivity contribution in [1.82, 2.24) is 9.97 Å². The predicted molar refractivity (Wildman–Crippen MR) is 107 cm³/mol. The minimum absolute atomic E-state index is 0.0449. The second-order valence-electron chi connectivity index (χ2n) is 7.43. The van der Waals surface area contributed by atoms with E-state index in [1.165, 1.54) is 18.4 Å². The van der Waals surface area contributed by atoms with Gasteiger partial charge in [-0.25, -0.2) is 9.97 Å². The predicted octanol–water partition coefficient (Wildman–Crippen LogP) is 3.25. The lowest BCUT2D eigenvalue weighted by Gasteiger charge is -2.38. The van der Waals surface area contributed by atoms with Gasteiger partial charge in [-0.05, 0) is 43.4 Å². The van der Waals surface area contributed by atoms with Crippen LogP contribution in [0.1, 0.15) is 31.2 Å². The standard InChI is InChI=1S/C21H28N4O2/c1-26-18-6-4-17(5-7-18)21(8-12-27-13-9-21)15-22-19-14-20(24-16-23-19)25-10-2-3-11-25/h4-7,14,16H,2-3,8-13,15H2,1H3,(H,22,23,24). The van der Waals surface area contributed by atoms with Crippen LogP contribution in [0.3, 0.4) is 0 Å². The van der Waals surface area contributed by atoms with Crippen LogP contribution in [0.2, 0.25) is 0 Å². The number of nitrogens with one attached hydrogen (secondary N) is 1. The third-order valence-corrected chi connectivity index (χ3v) is 5.84. The van der Waals surface area contributed by atoms with E-state index in [1.807, 2.05) is 12.1 Å². The van der Waals surface area contributed by atoms with E-state index in [1.54, 1.807) is 13.4 Å². The minimum Gasteiger partial charge on any atom is -0.497 e. The van der Waals surface area contributed by atoms with Gasteiger partial charge in [-0.2, -0.15) is 0 Å². The number of rotatable bonds is 6. The van der Waals surface area contributed by atoms with Crippen molar-refractivity contribution in [2.24, 2.45) is 0 Å². The Morgan fingerprint density at radius 1 is 1.11 bits per heavy atom. The second kappa shape index (κ2) is 8.13. The molecule has 0 aliphatic carbocycles. The van der Waals surface area contributed by atoms with E-state index in [0.29, 0.717) is 0 Å². The average molecular weight is 368 g/mol. The second-order valence-corrected chi connectivity index (χ2v) is 7.43. The molecule has 144 valence electrons. The van der Waals surface area contributed by atoms with E-state index < -0.39 is 0 Å². The Balaban J connectivity index is 1.51. The Morgan fingerprint density at radius 2 is 1.85 bits per heavy atom. The van der Waals surface area contributed by atoms with Crippen LogP contribution < -0.4 is 15.0 Å². The van der Waals surface area contributed by atoms with Gasteiger partial charge in [-0.1, -0.05) is 12.1 Å². The monoisotopic (exact) mass is 368 g/mol. The summed E-state index contributed by atoms with van der Waals surface area (Å²) < 4.78 is 11.0. The van der Waals surface area contributed by atoms with Crippen LogP contribution in [0.15, 0.2) is 36.7 Å². The van der Waals surface area contributed by atoms with Gasteiger partial charge in [0, 0.05) is 44.3 Å². The molecule has 27 heavy (non-hydrogen) atoms. The number of hydrogen-bond donors (Lipinski definition) is 1. The summed E-state index contributed by atoms with van der Waals surface area (Å²) in [5.41, 5.74) is 1.37. The first-order valence-electron chi connectivity index (χ1n) is 9.82. The van der Waals surface area contributed by atoms with Gasteiger partial charge in [-0.3, -0.25) is 0 Å². The molecule has 4 rings (SSSR count). The van der Waals surface area contributed by atoms with Gasteiger partial charge >= 0.3 is 0 Å². The van der Waals surface area contributed by atoms with Gasteiger partial charge in [0.1, 0.15) is 23.7 Å². The third-order valence-electron chi connectivity index (χ3n) is 5.84. The van der Waals surface area contributed by atoms with Gasteiger partial charge in [-0.15, -0.1) is 0 Å². The first-order valence-corrected chi connectivity index (χ1v) is 9.82. The number of benzene rings is 1. The molecular weight excluding hydrogens is 340 g/mol. The highest BCUT2D eigenvalue weighted by atomic mass is 16.5. The first-order chi connectivity index (χ1) is 13.3. The fraction of sp³-hybridized carbons (Fsp3) is 0.524. The quantitative estimate of drug-likeness (QED) is 0.845. The molecule has 2 fully saturated rings. The van der Waals surface area contributed by atoms with Crippen LogP contribution in [0.25, 0.3) is 0 Å². The lowest BCUT2D eigenvalue weighted by Crippen LogP contribution is -2.40. The summed E-state index contributed by atoms with van der Waals surface area (Å²) in [6, 6.07) is 10.5. The normalized spacial score (nSPS) is 19.1. The molecule has 6 nitrogen and oxygen atoms in total. The Morgan fingerprint density at radius 3 is 2.56 bits per heavy atom. The van der Waals surface area contributed by atoms with Crippen LogP contribution in [0, 0.1) is 0 Å². The van der Waals surface area contributed by atoms with E-state index in [2.05, 4.69) is 38.4 Å². The highest BCUT2D eigenvalue weighted by molar-refractivity contribution is 5.49. The van der Waals surface area contributed by atoms with E-state index in [0.717, 1.165) is 63.1 Å². The van der Waals surface area contributed by atoms with Crippen LogP contribution in [0.5, 0.6) is 5.75 Å². The zero-order chi connectivity index (χ0) is 18.5. The number of methoxy groups -OCH3 is 1. The van der Waals surface area contributed by atoms with Crippen molar-refractivity contribution >= 4 is 11.6 Å². The molecule has 6 heteroatoms. The van der Waals surface area contributed by atoms with Crippen LogP contribution in [0.4, 0.5) is 11.6 Å². The summed E-state index contributed by atoms with van der Waals surface area (Å²) >= 11 is 0. The zero-order valence-corrected chi connectivity index (χ0v) is 16.0. The molecule has 2 saturated heterocycles. The van der Waals surface area contributed by atoms with Crippen molar-refractivity contribution in [1.29, 1.82) is 0 Å². The number of aromatic nitrogens is 2. The molecule has 2 aliphatic heterocycles. The van der Waals surface area contributed by atoms with Crippen LogP contribution >= 0.6 is 0 Å². The minimum atomic E-state index is 0.0449. The summed E-state index contributed by atoms with van der Waals surface area (Å²) in [5.74, 6) is 2.81. The van der Waals surface area contributed by atoms with E-state index in [4.69, 9.17) is 9.47 Å². The smallest absolute Gasteiger partial charge is 0.134 e. The molecule has 0 amide bonds. The third kappa shape index (κ3) is 4.00. The fourth-order valence-electron chi connectivity index (χ4n) is 4.10. The van der Waals surface area contributed by atoms with Gasteiger partial charge < -0.3 is 19.7 Å². The molecule has 0 unspecified atom stereocenters. The first kappa shape index (κ1) is 18.0. The summed E-state index contributed by atoms with van der Waals surface area (Å²) in [6.07, 6.45) is 6.15. The SMILES string of the molecule is COc1ccc(C2(CNc3cc(N4CCCC4)ncn3)CCOCC2)cc1. The lowest BCUT2D eigenvalue weighted by atomic mass is 9.74. The molecule has 0 radical (unpaired) electrons. The number of hydrogen-bond acceptors (Lipinski definition) is 6. The van der Waals surface area contributed by atoms with Gasteiger partial charge in [0.15, 0.2) is 0 Å². The highest BCUT2D eigenvalue weighted by Crippen LogP contribution is 2.36. The van der Waals surface area contributed by atoms with E-state index in [9.17, 15) is 0 Å². The topological polar surface area (TPSA) is 59.5 Å². The molecule has 0 bridgehead atoms. The van der Waals surface area contributed by atoms with Crippen molar-refractivity contribution in [3.8, 4) is 5.75 Å². The number of nitrogens with zero attached hydrogens (tertiary/aromatic N) is 3. The summed E-state index contributed by atoms with van der Waals surface area (Å²) in [7, 11) is 1.70. The Labute approximate surface area is 160 Å². The Bertz CT molecular complexity index is 738. The maximum Gasteiger partial charge on any atom is 0.134 e. The molecule has 0 saturated carbocycles. The molecule has 1 N–H and O–H groups in total. The van der Waals surface area contributed by atoms with E-state index in [-0.39, 0.29) is 5.41 Å². The molecule has 0 atom stereocenters. The maximum absolute atomic E-state index is 5.65. The van der Waals surface area contributed by atoms with Crippen molar-refractivity contribution in [2.45, 2.75) is 31.1 Å². The fourth-order valence-corrected chi connectivity index (χ4v) is 4.10. The molecule has 1 aromatic carbocycles. The van der Waals surface area contributed by atoms with Crippen molar-refractivity contribution in [2.75, 3.05) is 50.2 Å². The molecule has 2 aromatic rings. The summed E-state index contributed by atoms with van der Waals surface area (Å²) in [6.45, 7) is 4.58. The van der Waals surface area contributed by atoms with Crippen molar-refractivity contribution in [3.05, 3.63) is 42.2 Å². The Hall–Kier alpha value is -2.34.